The molecule has 2 rings (SSSR count). The number of carbonyl (C=O) groups is 1. The van der Waals surface area contributed by atoms with Gasteiger partial charge in [-0.05, 0) is 17.7 Å². The molecule has 1 unspecified atom stereocenters. The van der Waals surface area contributed by atoms with Crippen molar-refractivity contribution in [2.75, 3.05) is 0 Å². The van der Waals surface area contributed by atoms with E-state index in [2.05, 4.69) is 0 Å². The number of hydrogen-bond donors (Lipinski definition) is 5. The molecule has 1 aromatic carbocycles. The Bertz CT molecular complexity index is 729. The Hall–Kier alpha value is -2.97. The van der Waals surface area contributed by atoms with Crippen molar-refractivity contribution in [1.29, 1.82) is 0 Å². The summed E-state index contributed by atoms with van der Waals surface area (Å²) >= 11 is 0. The first-order valence-corrected chi connectivity index (χ1v) is 5.53. The molecular formula is C11H11N3O6. The zero-order valence-electron chi connectivity index (χ0n) is 10.0. The number of aromatic nitrogens is 3. The predicted octanol–water partition coefficient (Wildman–Crippen LogP) is -0.856. The molecule has 1 aromatic heterocycles. The average Bonchev–Trinajstić information content (AvgIpc) is 2.70. The molecule has 2 aromatic rings. The standard InChI is InChI=1S/C11H11N3O6/c15-7-2-1-5(4-8(7)16)3-6(9(17)18)14-10(19)12-13-11(14)20/h1-2,4,6,15-16H,3H2,(H,12,19)(H,13,20)(H,17,18). The van der Waals surface area contributed by atoms with Crippen molar-refractivity contribution >= 4 is 5.97 Å². The van der Waals surface area contributed by atoms with Gasteiger partial charge in [0.25, 0.3) is 0 Å². The molecule has 9 nitrogen and oxygen atoms in total. The van der Waals surface area contributed by atoms with E-state index in [1.165, 1.54) is 12.1 Å². The summed E-state index contributed by atoms with van der Waals surface area (Å²) in [6.07, 6.45) is -0.204. The van der Waals surface area contributed by atoms with Crippen molar-refractivity contribution in [3.05, 3.63) is 44.7 Å². The minimum atomic E-state index is -1.43. The van der Waals surface area contributed by atoms with E-state index in [1.807, 2.05) is 10.2 Å². The summed E-state index contributed by atoms with van der Waals surface area (Å²) in [6, 6.07) is 2.31. The van der Waals surface area contributed by atoms with E-state index >= 15 is 0 Å². The van der Waals surface area contributed by atoms with Gasteiger partial charge >= 0.3 is 17.3 Å². The Morgan fingerprint density at radius 2 is 1.75 bits per heavy atom. The number of hydrogen-bond acceptors (Lipinski definition) is 5. The van der Waals surface area contributed by atoms with Crippen LogP contribution in [0.4, 0.5) is 0 Å². The number of aromatic hydroxyl groups is 2. The molecule has 1 atom stereocenters. The number of nitrogens with zero attached hydrogens (tertiary/aromatic N) is 1. The molecule has 0 fully saturated rings. The van der Waals surface area contributed by atoms with Gasteiger partial charge in [0.2, 0.25) is 0 Å². The average molecular weight is 281 g/mol. The fourth-order valence-corrected chi connectivity index (χ4v) is 1.81. The van der Waals surface area contributed by atoms with Gasteiger partial charge in [-0.25, -0.2) is 29.1 Å². The van der Waals surface area contributed by atoms with Gasteiger partial charge in [0.1, 0.15) is 6.04 Å². The summed E-state index contributed by atoms with van der Waals surface area (Å²) in [5.74, 6) is -2.14. The van der Waals surface area contributed by atoms with Gasteiger partial charge in [-0.15, -0.1) is 0 Å². The van der Waals surface area contributed by atoms with Crippen LogP contribution >= 0.6 is 0 Å². The summed E-state index contributed by atoms with van der Waals surface area (Å²) in [7, 11) is 0. The Balaban J connectivity index is 2.41. The third-order valence-corrected chi connectivity index (χ3v) is 2.78. The minimum Gasteiger partial charge on any atom is -0.504 e. The number of aromatic amines is 2. The van der Waals surface area contributed by atoms with Gasteiger partial charge in [0, 0.05) is 6.42 Å². The van der Waals surface area contributed by atoms with Gasteiger partial charge in [-0.2, -0.15) is 0 Å². The highest BCUT2D eigenvalue weighted by Crippen LogP contribution is 2.26. The highest BCUT2D eigenvalue weighted by Gasteiger charge is 2.24. The second-order valence-corrected chi connectivity index (χ2v) is 4.11. The van der Waals surface area contributed by atoms with E-state index < -0.39 is 29.1 Å². The lowest BCUT2D eigenvalue weighted by Gasteiger charge is -2.12. The number of carboxylic acid groups (broad SMARTS) is 1. The first-order valence-electron chi connectivity index (χ1n) is 5.53. The quantitative estimate of drug-likeness (QED) is 0.461. The second-order valence-electron chi connectivity index (χ2n) is 4.11. The van der Waals surface area contributed by atoms with Crippen molar-refractivity contribution in [2.24, 2.45) is 0 Å². The van der Waals surface area contributed by atoms with Crippen LogP contribution in [0, 0.1) is 0 Å². The van der Waals surface area contributed by atoms with E-state index in [-0.39, 0.29) is 12.2 Å². The number of phenolic OH excluding ortho intramolecular Hbond substituents is 2. The van der Waals surface area contributed by atoms with E-state index in [1.54, 1.807) is 0 Å². The van der Waals surface area contributed by atoms with E-state index in [0.29, 0.717) is 10.1 Å². The summed E-state index contributed by atoms with van der Waals surface area (Å²) in [6.45, 7) is 0. The molecule has 20 heavy (non-hydrogen) atoms. The van der Waals surface area contributed by atoms with Gasteiger partial charge in [-0.1, -0.05) is 6.07 Å². The first-order chi connectivity index (χ1) is 9.40. The van der Waals surface area contributed by atoms with Crippen LogP contribution in [0.3, 0.4) is 0 Å². The molecule has 0 spiro atoms. The Morgan fingerprint density at radius 3 is 2.25 bits per heavy atom. The normalized spacial score (nSPS) is 12.2. The molecular weight excluding hydrogens is 270 g/mol. The van der Waals surface area contributed by atoms with Crippen LogP contribution in [0.2, 0.25) is 0 Å². The summed E-state index contributed by atoms with van der Waals surface area (Å²) in [5, 5.41) is 31.7. The molecule has 0 amide bonds. The molecule has 1 heterocycles. The Morgan fingerprint density at radius 1 is 1.15 bits per heavy atom. The van der Waals surface area contributed by atoms with Gasteiger partial charge in [-0.3, -0.25) is 0 Å². The van der Waals surface area contributed by atoms with Crippen molar-refractivity contribution in [1.82, 2.24) is 14.8 Å². The highest BCUT2D eigenvalue weighted by molar-refractivity contribution is 5.72. The number of benzene rings is 1. The molecule has 106 valence electrons. The SMILES string of the molecule is O=C(O)C(Cc1ccc(O)c(O)c1)n1c(=O)[nH][nH]c1=O. The number of rotatable bonds is 4. The zero-order chi connectivity index (χ0) is 14.9. The second kappa shape index (κ2) is 4.96. The van der Waals surface area contributed by atoms with Crippen LogP contribution in [0.1, 0.15) is 11.6 Å². The predicted molar refractivity (Wildman–Crippen MR) is 65.8 cm³/mol. The van der Waals surface area contributed by atoms with Crippen molar-refractivity contribution in [3.8, 4) is 11.5 Å². The highest BCUT2D eigenvalue weighted by atomic mass is 16.4. The van der Waals surface area contributed by atoms with Crippen LogP contribution < -0.4 is 11.4 Å². The molecule has 0 aliphatic carbocycles. The summed E-state index contributed by atoms with van der Waals surface area (Å²) < 4.78 is 0.534. The zero-order valence-corrected chi connectivity index (χ0v) is 10.0. The van der Waals surface area contributed by atoms with E-state index in [0.717, 1.165) is 6.07 Å². The van der Waals surface area contributed by atoms with Crippen molar-refractivity contribution in [3.63, 3.8) is 0 Å². The molecule has 0 saturated carbocycles. The molecule has 0 saturated heterocycles. The van der Waals surface area contributed by atoms with Gasteiger partial charge in [0.05, 0.1) is 0 Å². The molecule has 0 radical (unpaired) electrons. The number of H-pyrrole nitrogens is 2. The fraction of sp³-hybridized carbons (Fsp3) is 0.182. The van der Waals surface area contributed by atoms with Crippen molar-refractivity contribution in [2.45, 2.75) is 12.5 Å². The third kappa shape index (κ3) is 2.41. The summed E-state index contributed by atoms with van der Waals surface area (Å²) in [5.41, 5.74) is -1.39. The third-order valence-electron chi connectivity index (χ3n) is 2.78. The van der Waals surface area contributed by atoms with Crippen LogP contribution in [-0.4, -0.2) is 36.1 Å². The maximum absolute atomic E-state index is 11.4. The Labute approximate surface area is 110 Å². The fourth-order valence-electron chi connectivity index (χ4n) is 1.81. The van der Waals surface area contributed by atoms with Crippen LogP contribution in [0.25, 0.3) is 0 Å². The molecule has 0 aliphatic heterocycles. The van der Waals surface area contributed by atoms with Gasteiger partial charge < -0.3 is 15.3 Å². The first kappa shape index (κ1) is 13.5. The maximum Gasteiger partial charge on any atom is 0.345 e. The smallest absolute Gasteiger partial charge is 0.345 e. The molecule has 5 N–H and O–H groups in total. The lowest BCUT2D eigenvalue weighted by Crippen LogP contribution is -2.36. The number of nitrogens with one attached hydrogen (secondary N) is 2. The lowest BCUT2D eigenvalue weighted by atomic mass is 10.1. The number of phenols is 2. The van der Waals surface area contributed by atoms with Gasteiger partial charge in [0.15, 0.2) is 11.5 Å². The Kier molecular flexibility index (Phi) is 3.34. The topological polar surface area (TPSA) is 148 Å². The molecule has 0 aliphatic rings. The summed E-state index contributed by atoms with van der Waals surface area (Å²) in [4.78, 5) is 34.1. The van der Waals surface area contributed by atoms with Crippen LogP contribution in [0.15, 0.2) is 27.8 Å². The van der Waals surface area contributed by atoms with Crippen LogP contribution in [-0.2, 0) is 11.2 Å². The number of aliphatic carboxylic acids is 1. The van der Waals surface area contributed by atoms with E-state index in [9.17, 15) is 24.6 Å². The van der Waals surface area contributed by atoms with Crippen LogP contribution in [0.5, 0.6) is 11.5 Å². The van der Waals surface area contributed by atoms with E-state index in [4.69, 9.17) is 5.11 Å². The molecule has 9 heteroatoms. The monoisotopic (exact) mass is 281 g/mol. The maximum atomic E-state index is 11.4. The minimum absolute atomic E-state index is 0.204. The lowest BCUT2D eigenvalue weighted by molar-refractivity contribution is -0.141. The number of carboxylic acids is 1. The van der Waals surface area contributed by atoms with Crippen molar-refractivity contribution < 1.29 is 20.1 Å². The molecule has 0 bridgehead atoms. The largest absolute Gasteiger partial charge is 0.504 e.